The standard InChI is InChI=1S/C28H32N2O3S/c1-28(2,3)19-11-12-20-23(15-19)34-27-24(20)26(31)29-25(30-27)18-10-13-21(22(14-18)32-4)33-16-17-8-6-5-7-9-17/h5-10,13-14,19,25,30H,11-12,15-16H2,1-4H3,(H,29,31). The Balaban J connectivity index is 1.35. The van der Waals surface area contributed by atoms with E-state index in [1.807, 2.05) is 48.5 Å². The fourth-order valence-electron chi connectivity index (χ4n) is 4.92. The van der Waals surface area contributed by atoms with E-state index in [1.54, 1.807) is 18.4 Å². The molecule has 3 aromatic rings. The van der Waals surface area contributed by atoms with E-state index < -0.39 is 0 Å². The van der Waals surface area contributed by atoms with Crippen molar-refractivity contribution < 1.29 is 14.3 Å². The lowest BCUT2D eigenvalue weighted by molar-refractivity contribution is 0.0934. The van der Waals surface area contributed by atoms with Crippen LogP contribution in [0.1, 0.15) is 65.3 Å². The molecular formula is C28H32N2O3S. The average molecular weight is 477 g/mol. The fraction of sp³-hybridized carbons (Fsp3) is 0.393. The van der Waals surface area contributed by atoms with Crippen molar-refractivity contribution in [1.29, 1.82) is 0 Å². The van der Waals surface area contributed by atoms with Gasteiger partial charge in [0.15, 0.2) is 11.5 Å². The monoisotopic (exact) mass is 476 g/mol. The van der Waals surface area contributed by atoms with Crippen LogP contribution in [0.15, 0.2) is 48.5 Å². The van der Waals surface area contributed by atoms with Crippen LogP contribution in [-0.4, -0.2) is 13.0 Å². The molecule has 0 spiro atoms. The SMILES string of the molecule is COc1cc(C2NC(=O)c3c(sc4c3CCC(C(C)(C)C)C4)N2)ccc1OCc1ccccc1. The molecule has 0 saturated carbocycles. The number of amides is 1. The van der Waals surface area contributed by atoms with Gasteiger partial charge in [-0.3, -0.25) is 4.79 Å². The van der Waals surface area contributed by atoms with E-state index in [4.69, 9.17) is 9.47 Å². The predicted octanol–water partition coefficient (Wildman–Crippen LogP) is 6.34. The number of thiophene rings is 1. The van der Waals surface area contributed by atoms with Crippen LogP contribution in [0.3, 0.4) is 0 Å². The Labute approximate surface area is 205 Å². The summed E-state index contributed by atoms with van der Waals surface area (Å²) in [6, 6.07) is 15.9. The van der Waals surface area contributed by atoms with E-state index in [2.05, 4.69) is 31.4 Å². The van der Waals surface area contributed by atoms with Gasteiger partial charge in [-0.2, -0.15) is 0 Å². The molecule has 0 saturated heterocycles. The molecular weight excluding hydrogens is 444 g/mol. The Kier molecular flexibility index (Phi) is 6.02. The second-order valence-corrected chi connectivity index (χ2v) is 11.4. The molecule has 1 aliphatic heterocycles. The smallest absolute Gasteiger partial charge is 0.256 e. The number of nitrogens with one attached hydrogen (secondary N) is 2. The summed E-state index contributed by atoms with van der Waals surface area (Å²) in [5.41, 5.74) is 4.39. The molecule has 2 N–H and O–H groups in total. The highest BCUT2D eigenvalue weighted by Gasteiger charge is 2.36. The number of benzene rings is 2. The number of hydrogen-bond donors (Lipinski definition) is 2. The first-order chi connectivity index (χ1) is 16.3. The molecule has 1 aromatic heterocycles. The van der Waals surface area contributed by atoms with Crippen LogP contribution in [0.2, 0.25) is 0 Å². The van der Waals surface area contributed by atoms with Crippen molar-refractivity contribution in [3.63, 3.8) is 0 Å². The van der Waals surface area contributed by atoms with Crippen molar-refractivity contribution in [2.75, 3.05) is 12.4 Å². The molecule has 2 unspecified atom stereocenters. The van der Waals surface area contributed by atoms with Crippen molar-refractivity contribution in [1.82, 2.24) is 5.32 Å². The van der Waals surface area contributed by atoms with Crippen molar-refractivity contribution in [2.45, 2.75) is 52.8 Å². The quantitative estimate of drug-likeness (QED) is 0.451. The molecule has 0 bridgehead atoms. The van der Waals surface area contributed by atoms with Gasteiger partial charge in [0.05, 0.1) is 12.7 Å². The lowest BCUT2D eigenvalue weighted by Gasteiger charge is -2.34. The minimum absolute atomic E-state index is 0.00818. The molecule has 5 nitrogen and oxygen atoms in total. The molecule has 1 amide bonds. The Morgan fingerprint density at radius 1 is 1.06 bits per heavy atom. The fourth-order valence-corrected chi connectivity index (χ4v) is 6.28. The van der Waals surface area contributed by atoms with E-state index in [-0.39, 0.29) is 17.5 Å². The Bertz CT molecular complexity index is 1200. The number of methoxy groups -OCH3 is 1. The zero-order valence-corrected chi connectivity index (χ0v) is 21.1. The van der Waals surface area contributed by atoms with Crippen LogP contribution < -0.4 is 20.1 Å². The van der Waals surface area contributed by atoms with Crippen molar-refractivity contribution in [3.05, 3.63) is 75.7 Å². The summed E-state index contributed by atoms with van der Waals surface area (Å²) in [6.45, 7) is 7.42. The minimum Gasteiger partial charge on any atom is -0.493 e. The van der Waals surface area contributed by atoms with E-state index in [0.29, 0.717) is 24.0 Å². The van der Waals surface area contributed by atoms with Gasteiger partial charge in [-0.25, -0.2) is 0 Å². The number of ether oxygens (including phenoxy) is 2. The third kappa shape index (κ3) is 4.39. The summed E-state index contributed by atoms with van der Waals surface area (Å²) >= 11 is 1.75. The first-order valence-electron chi connectivity index (χ1n) is 11.9. The van der Waals surface area contributed by atoms with Gasteiger partial charge >= 0.3 is 0 Å². The Hall–Kier alpha value is -2.99. The van der Waals surface area contributed by atoms with Crippen molar-refractivity contribution in [3.8, 4) is 11.5 Å². The molecule has 0 fully saturated rings. The second-order valence-electron chi connectivity index (χ2n) is 10.2. The van der Waals surface area contributed by atoms with E-state index in [1.165, 1.54) is 10.4 Å². The maximum absolute atomic E-state index is 13.2. The average Bonchev–Trinajstić information content (AvgIpc) is 3.21. The number of fused-ring (bicyclic) bond motifs is 3. The number of anilines is 1. The van der Waals surface area contributed by atoms with Gasteiger partial charge in [-0.05, 0) is 59.4 Å². The predicted molar refractivity (Wildman–Crippen MR) is 137 cm³/mol. The molecule has 1 aliphatic carbocycles. The largest absolute Gasteiger partial charge is 0.493 e. The summed E-state index contributed by atoms with van der Waals surface area (Å²) in [5, 5.41) is 7.71. The summed E-state index contributed by atoms with van der Waals surface area (Å²) in [4.78, 5) is 14.5. The van der Waals surface area contributed by atoms with Gasteiger partial charge in [-0.15, -0.1) is 11.3 Å². The summed E-state index contributed by atoms with van der Waals surface area (Å²) in [7, 11) is 1.64. The van der Waals surface area contributed by atoms with E-state index in [9.17, 15) is 4.79 Å². The Morgan fingerprint density at radius 3 is 2.59 bits per heavy atom. The third-order valence-corrected chi connectivity index (χ3v) is 8.21. The lowest BCUT2D eigenvalue weighted by atomic mass is 9.72. The van der Waals surface area contributed by atoms with E-state index in [0.717, 1.165) is 41.0 Å². The van der Waals surface area contributed by atoms with Crippen LogP contribution in [0.5, 0.6) is 11.5 Å². The minimum atomic E-state index is -0.310. The van der Waals surface area contributed by atoms with Crippen LogP contribution in [0, 0.1) is 11.3 Å². The van der Waals surface area contributed by atoms with Crippen LogP contribution in [0.25, 0.3) is 0 Å². The number of carbonyl (C=O) groups excluding carboxylic acids is 1. The van der Waals surface area contributed by atoms with Gasteiger partial charge in [0, 0.05) is 4.88 Å². The molecule has 6 heteroatoms. The highest BCUT2D eigenvalue weighted by molar-refractivity contribution is 7.16. The Morgan fingerprint density at radius 2 is 1.85 bits per heavy atom. The third-order valence-electron chi connectivity index (χ3n) is 7.03. The van der Waals surface area contributed by atoms with Gasteiger partial charge < -0.3 is 20.1 Å². The number of rotatable bonds is 5. The molecule has 2 atom stereocenters. The molecule has 34 heavy (non-hydrogen) atoms. The summed E-state index contributed by atoms with van der Waals surface area (Å²) < 4.78 is 11.6. The van der Waals surface area contributed by atoms with Crippen molar-refractivity contribution >= 4 is 22.2 Å². The van der Waals surface area contributed by atoms with Gasteiger partial charge in [-0.1, -0.05) is 57.2 Å². The van der Waals surface area contributed by atoms with Crippen LogP contribution in [-0.2, 0) is 19.4 Å². The molecule has 2 aliphatic rings. The first-order valence-corrected chi connectivity index (χ1v) is 12.7. The molecule has 5 rings (SSSR count). The number of carbonyl (C=O) groups is 1. The normalized spacial score (nSPS) is 19.5. The maximum Gasteiger partial charge on any atom is 0.256 e. The first kappa shape index (κ1) is 22.8. The van der Waals surface area contributed by atoms with Crippen molar-refractivity contribution in [2.24, 2.45) is 11.3 Å². The topological polar surface area (TPSA) is 59.6 Å². The van der Waals surface area contributed by atoms with Gasteiger partial charge in [0.25, 0.3) is 5.91 Å². The second kappa shape index (κ2) is 8.99. The summed E-state index contributed by atoms with van der Waals surface area (Å²) in [6.07, 6.45) is 2.86. The van der Waals surface area contributed by atoms with E-state index >= 15 is 0 Å². The zero-order valence-electron chi connectivity index (χ0n) is 20.2. The van der Waals surface area contributed by atoms with Gasteiger partial charge in [0.2, 0.25) is 0 Å². The molecule has 0 radical (unpaired) electrons. The summed E-state index contributed by atoms with van der Waals surface area (Å²) in [5.74, 6) is 1.98. The van der Waals surface area contributed by atoms with Crippen LogP contribution in [0.4, 0.5) is 5.00 Å². The lowest BCUT2D eigenvalue weighted by Crippen LogP contribution is -2.38. The molecule has 2 heterocycles. The van der Waals surface area contributed by atoms with Crippen LogP contribution >= 0.6 is 11.3 Å². The highest BCUT2D eigenvalue weighted by Crippen LogP contribution is 2.46. The highest BCUT2D eigenvalue weighted by atomic mass is 32.1. The maximum atomic E-state index is 13.2. The molecule has 178 valence electrons. The number of hydrogen-bond acceptors (Lipinski definition) is 5. The zero-order chi connectivity index (χ0) is 23.9. The molecule has 2 aromatic carbocycles. The van der Waals surface area contributed by atoms with Gasteiger partial charge in [0.1, 0.15) is 17.8 Å².